The van der Waals surface area contributed by atoms with Gasteiger partial charge in [0.05, 0.1) is 6.10 Å². The highest BCUT2D eigenvalue weighted by Gasteiger charge is 2.02. The highest BCUT2D eigenvalue weighted by Crippen LogP contribution is 2.03. The molecule has 0 aromatic heterocycles. The van der Waals surface area contributed by atoms with Crippen molar-refractivity contribution < 1.29 is 9.90 Å². The summed E-state index contributed by atoms with van der Waals surface area (Å²) in [6.07, 6.45) is 1.51. The summed E-state index contributed by atoms with van der Waals surface area (Å²) in [6.45, 7) is 3.32. The number of hydrogen-bond acceptors (Lipinski definition) is 3. The molecular formula is C13H20N2O2. The molecule has 4 heteroatoms. The summed E-state index contributed by atoms with van der Waals surface area (Å²) in [5.74, 6) is -0.414. The molecule has 0 aliphatic heterocycles. The van der Waals surface area contributed by atoms with Crippen LogP contribution >= 0.6 is 0 Å². The quantitative estimate of drug-likeness (QED) is 0.662. The van der Waals surface area contributed by atoms with Gasteiger partial charge in [-0.05, 0) is 24.1 Å². The summed E-state index contributed by atoms with van der Waals surface area (Å²) in [5, 5.41) is 12.7. The molecule has 4 nitrogen and oxygen atoms in total. The summed E-state index contributed by atoms with van der Waals surface area (Å²) in [7, 11) is 0. The summed E-state index contributed by atoms with van der Waals surface area (Å²) in [6, 6.07) is 7.14. The van der Waals surface area contributed by atoms with Crippen LogP contribution in [0.25, 0.3) is 0 Å². The lowest BCUT2D eigenvalue weighted by molar-refractivity contribution is 0.100. The van der Waals surface area contributed by atoms with Gasteiger partial charge in [-0.2, -0.15) is 0 Å². The van der Waals surface area contributed by atoms with E-state index in [-0.39, 0.29) is 6.10 Å². The highest BCUT2D eigenvalue weighted by molar-refractivity contribution is 5.92. The van der Waals surface area contributed by atoms with Crippen LogP contribution in [-0.4, -0.2) is 23.7 Å². The fourth-order valence-corrected chi connectivity index (χ4v) is 1.61. The van der Waals surface area contributed by atoms with Crippen LogP contribution in [0.2, 0.25) is 0 Å². The first-order chi connectivity index (χ1) is 8.13. The van der Waals surface area contributed by atoms with Gasteiger partial charge in [-0.25, -0.2) is 0 Å². The average molecular weight is 236 g/mol. The zero-order valence-corrected chi connectivity index (χ0v) is 10.1. The molecule has 1 aromatic rings. The molecule has 0 saturated carbocycles. The van der Waals surface area contributed by atoms with Crippen LogP contribution in [0, 0.1) is 0 Å². The Morgan fingerprint density at radius 2 is 2.06 bits per heavy atom. The molecule has 94 valence electrons. The number of carbonyl (C=O) groups excluding carboxylic acids is 1. The molecule has 0 spiro atoms. The lowest BCUT2D eigenvalue weighted by atomic mass is 10.1. The number of nitrogens with two attached hydrogens (primary N) is 1. The fraction of sp³-hybridized carbons (Fsp3) is 0.462. The van der Waals surface area contributed by atoms with Gasteiger partial charge >= 0.3 is 0 Å². The van der Waals surface area contributed by atoms with E-state index >= 15 is 0 Å². The summed E-state index contributed by atoms with van der Waals surface area (Å²) in [5.41, 5.74) is 6.73. The van der Waals surface area contributed by atoms with Crippen LogP contribution in [0.15, 0.2) is 24.3 Å². The standard InChI is InChI=1S/C13H20N2O2/c1-2-3-12(16)9-15-8-10-4-6-11(7-5-10)13(14)17/h4-7,12,15-16H,2-3,8-9H2,1H3,(H2,14,17). The molecule has 1 rings (SSSR count). The van der Waals surface area contributed by atoms with Crippen LogP contribution in [0.1, 0.15) is 35.7 Å². The second-order valence-corrected chi connectivity index (χ2v) is 4.13. The van der Waals surface area contributed by atoms with Crippen molar-refractivity contribution in [1.82, 2.24) is 5.32 Å². The minimum absolute atomic E-state index is 0.287. The van der Waals surface area contributed by atoms with E-state index in [1.807, 2.05) is 19.1 Å². The molecule has 0 aliphatic rings. The van der Waals surface area contributed by atoms with Crippen molar-refractivity contribution in [2.75, 3.05) is 6.54 Å². The van der Waals surface area contributed by atoms with Gasteiger partial charge in [-0.1, -0.05) is 25.5 Å². The number of primary amides is 1. The Morgan fingerprint density at radius 3 is 2.59 bits per heavy atom. The second kappa shape index (κ2) is 7.04. The Bertz CT molecular complexity index is 349. The normalized spacial score (nSPS) is 12.4. The van der Waals surface area contributed by atoms with Crippen LogP contribution in [0.3, 0.4) is 0 Å². The first-order valence-electron chi connectivity index (χ1n) is 5.91. The number of hydrogen-bond donors (Lipinski definition) is 3. The third-order valence-corrected chi connectivity index (χ3v) is 2.57. The first-order valence-corrected chi connectivity index (χ1v) is 5.91. The van der Waals surface area contributed by atoms with Gasteiger partial charge in [0.1, 0.15) is 0 Å². The zero-order valence-electron chi connectivity index (χ0n) is 10.1. The van der Waals surface area contributed by atoms with E-state index in [1.165, 1.54) is 0 Å². The molecule has 0 bridgehead atoms. The molecule has 0 saturated heterocycles. The molecule has 1 aromatic carbocycles. The number of rotatable bonds is 7. The van der Waals surface area contributed by atoms with E-state index in [1.54, 1.807) is 12.1 Å². The van der Waals surface area contributed by atoms with Gasteiger partial charge in [0.2, 0.25) is 5.91 Å². The van der Waals surface area contributed by atoms with Crippen LogP contribution in [0.4, 0.5) is 0 Å². The molecule has 0 heterocycles. The Labute approximate surface area is 102 Å². The average Bonchev–Trinajstić information content (AvgIpc) is 2.30. The Kier molecular flexibility index (Phi) is 5.66. The predicted octanol–water partition coefficient (Wildman–Crippen LogP) is 1.04. The Morgan fingerprint density at radius 1 is 1.41 bits per heavy atom. The van der Waals surface area contributed by atoms with E-state index in [9.17, 15) is 9.90 Å². The zero-order chi connectivity index (χ0) is 12.7. The number of nitrogens with one attached hydrogen (secondary N) is 1. The van der Waals surface area contributed by atoms with Gasteiger partial charge in [0.15, 0.2) is 0 Å². The van der Waals surface area contributed by atoms with Crippen molar-refractivity contribution in [2.24, 2.45) is 5.73 Å². The smallest absolute Gasteiger partial charge is 0.248 e. The van der Waals surface area contributed by atoms with Gasteiger partial charge in [0, 0.05) is 18.7 Å². The molecule has 1 unspecified atom stereocenters. The van der Waals surface area contributed by atoms with E-state index in [4.69, 9.17) is 5.73 Å². The molecule has 0 aliphatic carbocycles. The summed E-state index contributed by atoms with van der Waals surface area (Å²) >= 11 is 0. The predicted molar refractivity (Wildman–Crippen MR) is 67.6 cm³/mol. The molecule has 17 heavy (non-hydrogen) atoms. The minimum atomic E-state index is -0.414. The minimum Gasteiger partial charge on any atom is -0.392 e. The van der Waals surface area contributed by atoms with Crippen molar-refractivity contribution in [3.8, 4) is 0 Å². The lowest BCUT2D eigenvalue weighted by Crippen LogP contribution is -2.26. The second-order valence-electron chi connectivity index (χ2n) is 4.13. The molecular weight excluding hydrogens is 216 g/mol. The Hall–Kier alpha value is -1.39. The monoisotopic (exact) mass is 236 g/mol. The van der Waals surface area contributed by atoms with Gasteiger partial charge in [0.25, 0.3) is 0 Å². The first kappa shape index (κ1) is 13.7. The fourth-order valence-electron chi connectivity index (χ4n) is 1.61. The summed E-state index contributed by atoms with van der Waals surface area (Å²) < 4.78 is 0. The topological polar surface area (TPSA) is 75.3 Å². The summed E-state index contributed by atoms with van der Waals surface area (Å²) in [4.78, 5) is 10.9. The van der Waals surface area contributed by atoms with E-state index < -0.39 is 5.91 Å². The third-order valence-electron chi connectivity index (χ3n) is 2.57. The number of carbonyl (C=O) groups is 1. The lowest BCUT2D eigenvalue weighted by Gasteiger charge is -2.10. The maximum atomic E-state index is 10.9. The van der Waals surface area contributed by atoms with Crippen molar-refractivity contribution in [3.05, 3.63) is 35.4 Å². The highest BCUT2D eigenvalue weighted by atomic mass is 16.3. The van der Waals surface area contributed by atoms with E-state index in [0.717, 1.165) is 18.4 Å². The largest absolute Gasteiger partial charge is 0.392 e. The number of amides is 1. The van der Waals surface area contributed by atoms with Crippen molar-refractivity contribution in [1.29, 1.82) is 0 Å². The van der Waals surface area contributed by atoms with Crippen molar-refractivity contribution in [3.63, 3.8) is 0 Å². The number of aliphatic hydroxyl groups excluding tert-OH is 1. The van der Waals surface area contributed by atoms with Crippen LogP contribution in [-0.2, 0) is 6.54 Å². The maximum absolute atomic E-state index is 10.9. The number of benzene rings is 1. The molecule has 1 amide bonds. The SMILES string of the molecule is CCCC(O)CNCc1ccc(C(N)=O)cc1. The van der Waals surface area contributed by atoms with Crippen molar-refractivity contribution in [2.45, 2.75) is 32.4 Å². The van der Waals surface area contributed by atoms with E-state index in [2.05, 4.69) is 5.32 Å². The maximum Gasteiger partial charge on any atom is 0.248 e. The van der Waals surface area contributed by atoms with Gasteiger partial charge in [-0.3, -0.25) is 4.79 Å². The van der Waals surface area contributed by atoms with Gasteiger partial charge in [-0.15, -0.1) is 0 Å². The molecule has 4 N–H and O–H groups in total. The molecule has 1 atom stereocenters. The molecule has 0 radical (unpaired) electrons. The number of aliphatic hydroxyl groups is 1. The molecule has 0 fully saturated rings. The Balaban J connectivity index is 2.34. The van der Waals surface area contributed by atoms with Crippen LogP contribution in [0.5, 0.6) is 0 Å². The van der Waals surface area contributed by atoms with Crippen molar-refractivity contribution >= 4 is 5.91 Å². The van der Waals surface area contributed by atoms with Crippen LogP contribution < -0.4 is 11.1 Å². The van der Waals surface area contributed by atoms with Gasteiger partial charge < -0.3 is 16.2 Å². The third kappa shape index (κ3) is 4.97. The van der Waals surface area contributed by atoms with E-state index in [0.29, 0.717) is 18.7 Å².